The van der Waals surface area contributed by atoms with E-state index in [-0.39, 0.29) is 0 Å². The van der Waals surface area contributed by atoms with Crippen LogP contribution in [0.4, 0.5) is 0 Å². The molecule has 4 heteroatoms. The molecule has 0 aliphatic carbocycles. The molecule has 0 atom stereocenters. The first-order valence-electron chi connectivity index (χ1n) is 15.1. The van der Waals surface area contributed by atoms with E-state index in [4.69, 9.17) is 15.0 Å². The smallest absolute Gasteiger partial charge is 0.160 e. The molecule has 3 aromatic heterocycles. The van der Waals surface area contributed by atoms with Crippen molar-refractivity contribution in [1.29, 1.82) is 0 Å². The van der Waals surface area contributed by atoms with Gasteiger partial charge in [0.05, 0.1) is 39.5 Å². The highest BCUT2D eigenvalue weighted by Gasteiger charge is 2.17. The summed E-state index contributed by atoms with van der Waals surface area (Å²) in [5, 5.41) is 2.24. The number of fused-ring (bicyclic) bond motifs is 6. The summed E-state index contributed by atoms with van der Waals surface area (Å²) in [6, 6.07) is 52.9. The highest BCUT2D eigenvalue weighted by Crippen LogP contribution is 2.38. The fourth-order valence-electron chi connectivity index (χ4n) is 6.50. The van der Waals surface area contributed by atoms with Gasteiger partial charge in [-0.15, -0.1) is 0 Å². The molecule has 0 radical (unpaired) electrons. The summed E-state index contributed by atoms with van der Waals surface area (Å²) in [6.07, 6.45) is 2.00. The Bertz CT molecular complexity index is 2510. The van der Waals surface area contributed by atoms with Crippen LogP contribution in [0.1, 0.15) is 0 Å². The highest BCUT2D eigenvalue weighted by atomic mass is 14.9. The second-order valence-electron chi connectivity index (χ2n) is 11.3. The van der Waals surface area contributed by atoms with Crippen LogP contribution in [-0.4, -0.2) is 19.4 Å². The van der Waals surface area contributed by atoms with E-state index in [0.29, 0.717) is 0 Å². The largest absolute Gasteiger partial charge is 0.306 e. The Morgan fingerprint density at radius 3 is 1.76 bits per heavy atom. The second kappa shape index (κ2) is 10.2. The number of aromatic nitrogens is 4. The SMILES string of the molecule is c1ccc(-c2ccc(-c3nc(-c4ccc(-c5c6ccccc6n6c5cnc5ccccc56)cc4)c4ccccc4n3)cc2)cc1. The lowest BCUT2D eigenvalue weighted by Crippen LogP contribution is -1.95. The summed E-state index contributed by atoms with van der Waals surface area (Å²) in [5.41, 5.74) is 12.9. The molecule has 0 saturated carbocycles. The molecule has 9 aromatic rings. The molecular formula is C41H26N4. The number of para-hydroxylation sites is 4. The van der Waals surface area contributed by atoms with Gasteiger partial charge in [-0.2, -0.15) is 0 Å². The van der Waals surface area contributed by atoms with Crippen molar-refractivity contribution in [3.63, 3.8) is 0 Å². The molecule has 0 bridgehead atoms. The Kier molecular flexibility index (Phi) is 5.78. The molecule has 0 spiro atoms. The normalized spacial score (nSPS) is 11.6. The van der Waals surface area contributed by atoms with Gasteiger partial charge < -0.3 is 4.40 Å². The third kappa shape index (κ3) is 4.19. The Morgan fingerprint density at radius 2 is 0.956 bits per heavy atom. The van der Waals surface area contributed by atoms with Gasteiger partial charge in [0.1, 0.15) is 0 Å². The van der Waals surface area contributed by atoms with Crippen molar-refractivity contribution in [3.05, 3.63) is 158 Å². The van der Waals surface area contributed by atoms with Crippen LogP contribution in [0.2, 0.25) is 0 Å². The molecule has 4 nitrogen and oxygen atoms in total. The third-order valence-corrected chi connectivity index (χ3v) is 8.66. The summed E-state index contributed by atoms with van der Waals surface area (Å²) in [6.45, 7) is 0. The molecule has 0 aliphatic heterocycles. The van der Waals surface area contributed by atoms with Gasteiger partial charge in [0.2, 0.25) is 0 Å². The Morgan fingerprint density at radius 1 is 0.378 bits per heavy atom. The van der Waals surface area contributed by atoms with Crippen LogP contribution < -0.4 is 0 Å². The van der Waals surface area contributed by atoms with Crippen molar-refractivity contribution in [1.82, 2.24) is 19.4 Å². The van der Waals surface area contributed by atoms with E-state index in [1.54, 1.807) is 0 Å². The molecule has 0 N–H and O–H groups in total. The maximum atomic E-state index is 5.15. The minimum atomic E-state index is 0.717. The van der Waals surface area contributed by atoms with Crippen LogP contribution in [0.25, 0.3) is 83.3 Å². The first kappa shape index (κ1) is 25.4. The Balaban J connectivity index is 1.17. The van der Waals surface area contributed by atoms with Crippen LogP contribution in [0.3, 0.4) is 0 Å². The van der Waals surface area contributed by atoms with Gasteiger partial charge in [0.15, 0.2) is 5.82 Å². The molecule has 0 unspecified atom stereocenters. The zero-order valence-corrected chi connectivity index (χ0v) is 24.3. The standard InChI is InChI=1S/C41H26N4/c1-2-10-27(11-3-1)28-18-24-31(25-19-28)41-43-34-14-6-4-12-32(34)40(44-41)30-22-20-29(21-23-30)39-33-13-5-8-16-36(33)45-37-17-9-7-15-35(37)42-26-38(39)45/h1-26H. The zero-order valence-electron chi connectivity index (χ0n) is 24.3. The summed E-state index contributed by atoms with van der Waals surface area (Å²) >= 11 is 0. The number of nitrogens with zero attached hydrogens (tertiary/aromatic N) is 4. The fourth-order valence-corrected chi connectivity index (χ4v) is 6.50. The lowest BCUT2D eigenvalue weighted by atomic mass is 9.99. The van der Waals surface area contributed by atoms with Gasteiger partial charge in [-0.05, 0) is 41.0 Å². The number of hydrogen-bond donors (Lipinski definition) is 0. The second-order valence-corrected chi connectivity index (χ2v) is 11.3. The number of benzene rings is 6. The van der Waals surface area contributed by atoms with Crippen LogP contribution in [-0.2, 0) is 0 Å². The van der Waals surface area contributed by atoms with Gasteiger partial charge in [-0.25, -0.2) is 9.97 Å². The van der Waals surface area contributed by atoms with Crippen LogP contribution in [0, 0.1) is 0 Å². The average Bonchev–Trinajstić information content (AvgIpc) is 3.46. The summed E-state index contributed by atoms with van der Waals surface area (Å²) in [5.74, 6) is 0.717. The van der Waals surface area contributed by atoms with Gasteiger partial charge in [0, 0.05) is 27.5 Å². The van der Waals surface area contributed by atoms with Crippen molar-refractivity contribution in [2.45, 2.75) is 0 Å². The summed E-state index contributed by atoms with van der Waals surface area (Å²) in [7, 11) is 0. The van der Waals surface area contributed by atoms with E-state index < -0.39 is 0 Å². The molecule has 3 heterocycles. The van der Waals surface area contributed by atoms with E-state index in [1.807, 2.05) is 24.4 Å². The summed E-state index contributed by atoms with van der Waals surface area (Å²) in [4.78, 5) is 14.9. The maximum Gasteiger partial charge on any atom is 0.160 e. The predicted octanol–water partition coefficient (Wildman–Crippen LogP) is 10.3. The Labute approximate surface area is 259 Å². The van der Waals surface area contributed by atoms with Crippen molar-refractivity contribution >= 4 is 38.4 Å². The lowest BCUT2D eigenvalue weighted by molar-refractivity contribution is 1.23. The number of hydrogen-bond acceptors (Lipinski definition) is 3. The first-order valence-corrected chi connectivity index (χ1v) is 15.1. The molecule has 6 aromatic carbocycles. The monoisotopic (exact) mass is 574 g/mol. The van der Waals surface area contributed by atoms with Crippen molar-refractivity contribution in [3.8, 4) is 44.9 Å². The molecule has 0 aliphatic rings. The molecule has 0 amide bonds. The van der Waals surface area contributed by atoms with Crippen LogP contribution >= 0.6 is 0 Å². The third-order valence-electron chi connectivity index (χ3n) is 8.66. The highest BCUT2D eigenvalue weighted by molar-refractivity contribution is 6.08. The van der Waals surface area contributed by atoms with Crippen LogP contribution in [0.5, 0.6) is 0 Å². The van der Waals surface area contributed by atoms with Gasteiger partial charge in [-0.1, -0.05) is 127 Å². The zero-order chi connectivity index (χ0) is 29.7. The van der Waals surface area contributed by atoms with Crippen LogP contribution in [0.15, 0.2) is 158 Å². The topological polar surface area (TPSA) is 43.1 Å². The van der Waals surface area contributed by atoms with E-state index in [9.17, 15) is 0 Å². The Hall–Kier alpha value is -6.13. The van der Waals surface area contributed by atoms with E-state index in [0.717, 1.165) is 55.7 Å². The summed E-state index contributed by atoms with van der Waals surface area (Å²) < 4.78 is 2.33. The lowest BCUT2D eigenvalue weighted by Gasteiger charge is -2.11. The van der Waals surface area contributed by atoms with Gasteiger partial charge in [-0.3, -0.25) is 4.98 Å². The van der Waals surface area contributed by atoms with Gasteiger partial charge in [0.25, 0.3) is 0 Å². The molecule has 0 fully saturated rings. The van der Waals surface area contributed by atoms with Gasteiger partial charge >= 0.3 is 0 Å². The molecule has 45 heavy (non-hydrogen) atoms. The fraction of sp³-hybridized carbons (Fsp3) is 0. The average molecular weight is 575 g/mol. The molecule has 0 saturated heterocycles. The van der Waals surface area contributed by atoms with E-state index in [2.05, 4.69) is 138 Å². The van der Waals surface area contributed by atoms with Crippen molar-refractivity contribution < 1.29 is 0 Å². The van der Waals surface area contributed by atoms with Crippen molar-refractivity contribution in [2.75, 3.05) is 0 Å². The quantitative estimate of drug-likeness (QED) is 0.210. The van der Waals surface area contributed by atoms with Crippen molar-refractivity contribution in [2.24, 2.45) is 0 Å². The minimum absolute atomic E-state index is 0.717. The van der Waals surface area contributed by atoms with E-state index in [1.165, 1.54) is 27.6 Å². The molecule has 9 rings (SSSR count). The maximum absolute atomic E-state index is 5.15. The first-order chi connectivity index (χ1) is 22.3. The van der Waals surface area contributed by atoms with E-state index >= 15 is 0 Å². The minimum Gasteiger partial charge on any atom is -0.306 e. The molecule has 210 valence electrons. The predicted molar refractivity (Wildman–Crippen MR) is 185 cm³/mol. The molecular weight excluding hydrogens is 548 g/mol. The number of rotatable bonds is 4.